The molecule has 0 saturated carbocycles. The van der Waals surface area contributed by atoms with Crippen molar-refractivity contribution in [3.05, 3.63) is 35.4 Å². The van der Waals surface area contributed by atoms with Gasteiger partial charge in [-0.2, -0.15) is 0 Å². The van der Waals surface area contributed by atoms with E-state index in [0.717, 1.165) is 11.1 Å². The molecule has 17 heavy (non-hydrogen) atoms. The van der Waals surface area contributed by atoms with E-state index in [1.165, 1.54) is 0 Å². The number of nitrogens with zero attached hydrogens (tertiary/aromatic N) is 1. The van der Waals surface area contributed by atoms with Gasteiger partial charge in [-0.1, -0.05) is 24.3 Å². The van der Waals surface area contributed by atoms with Gasteiger partial charge in [-0.25, -0.2) is 5.84 Å². The Hall–Kier alpha value is -1.43. The Bertz CT molecular complexity index is 369. The van der Waals surface area contributed by atoms with E-state index in [0.29, 0.717) is 13.1 Å². The van der Waals surface area contributed by atoms with Crippen molar-refractivity contribution in [3.63, 3.8) is 0 Å². The van der Waals surface area contributed by atoms with Gasteiger partial charge >= 0.3 is 0 Å². The smallest absolute Gasteiger partial charge is 0.238 e. The van der Waals surface area contributed by atoms with Crippen molar-refractivity contribution in [1.29, 1.82) is 0 Å². The lowest BCUT2D eigenvalue weighted by molar-refractivity contribution is -0.120. The molecule has 0 aliphatic carbocycles. The number of nitrogens with two attached hydrogens (primary N) is 1. The Labute approximate surface area is 101 Å². The van der Waals surface area contributed by atoms with E-state index in [-0.39, 0.29) is 18.9 Å². The highest BCUT2D eigenvalue weighted by Gasteiger charge is 2.08. The first-order valence-corrected chi connectivity index (χ1v) is 5.53. The summed E-state index contributed by atoms with van der Waals surface area (Å²) in [5.74, 6) is 4.87. The van der Waals surface area contributed by atoms with Crippen LogP contribution in [0.4, 0.5) is 0 Å². The van der Waals surface area contributed by atoms with Crippen LogP contribution < -0.4 is 11.3 Å². The monoisotopic (exact) mass is 237 g/mol. The van der Waals surface area contributed by atoms with Crippen LogP contribution in [-0.4, -0.2) is 36.1 Å². The molecule has 0 unspecified atom stereocenters. The van der Waals surface area contributed by atoms with Crippen molar-refractivity contribution in [1.82, 2.24) is 10.3 Å². The van der Waals surface area contributed by atoms with Gasteiger partial charge in [-0.3, -0.25) is 15.1 Å². The zero-order valence-electron chi connectivity index (χ0n) is 10.0. The molecule has 0 saturated heterocycles. The average molecular weight is 237 g/mol. The fourth-order valence-electron chi connectivity index (χ4n) is 1.65. The standard InChI is InChI=1S/C12H19N3O2/c1-15(6-7-16)9-11-5-3-2-4-10(11)8-12(17)14-13/h2-5,16H,6-9,13H2,1H3,(H,14,17). The second-order valence-electron chi connectivity index (χ2n) is 3.97. The molecule has 0 aliphatic rings. The highest BCUT2D eigenvalue weighted by atomic mass is 16.3. The predicted molar refractivity (Wildman–Crippen MR) is 65.9 cm³/mol. The number of hydrazine groups is 1. The van der Waals surface area contributed by atoms with Crippen molar-refractivity contribution in [3.8, 4) is 0 Å². The molecule has 1 aromatic carbocycles. The van der Waals surface area contributed by atoms with Crippen molar-refractivity contribution >= 4 is 5.91 Å². The number of rotatable bonds is 6. The maximum atomic E-state index is 11.3. The van der Waals surface area contributed by atoms with E-state index in [9.17, 15) is 4.79 Å². The van der Waals surface area contributed by atoms with Crippen LogP contribution in [0, 0.1) is 0 Å². The molecule has 5 nitrogen and oxygen atoms in total. The average Bonchev–Trinajstić information content (AvgIpc) is 2.31. The maximum Gasteiger partial charge on any atom is 0.238 e. The molecule has 1 amide bonds. The maximum absolute atomic E-state index is 11.3. The summed E-state index contributed by atoms with van der Waals surface area (Å²) in [7, 11) is 1.93. The van der Waals surface area contributed by atoms with Gasteiger partial charge in [0.15, 0.2) is 0 Å². The molecule has 1 rings (SSSR count). The summed E-state index contributed by atoms with van der Waals surface area (Å²) in [6.07, 6.45) is 0.277. The minimum absolute atomic E-state index is 0.127. The van der Waals surface area contributed by atoms with E-state index < -0.39 is 0 Å². The Morgan fingerprint density at radius 1 is 1.41 bits per heavy atom. The summed E-state index contributed by atoms with van der Waals surface area (Å²) in [4.78, 5) is 13.3. The van der Waals surface area contributed by atoms with Gasteiger partial charge in [0.1, 0.15) is 0 Å². The summed E-state index contributed by atoms with van der Waals surface area (Å²) in [5, 5.41) is 8.85. The largest absolute Gasteiger partial charge is 0.395 e. The zero-order chi connectivity index (χ0) is 12.7. The van der Waals surface area contributed by atoms with Crippen LogP contribution in [0.1, 0.15) is 11.1 Å². The molecule has 0 aromatic heterocycles. The number of benzene rings is 1. The molecule has 0 atom stereocenters. The fraction of sp³-hybridized carbons (Fsp3) is 0.417. The summed E-state index contributed by atoms with van der Waals surface area (Å²) >= 11 is 0. The Morgan fingerprint density at radius 2 is 2.06 bits per heavy atom. The Kier molecular flexibility index (Phi) is 5.62. The fourth-order valence-corrected chi connectivity index (χ4v) is 1.65. The molecule has 5 heteroatoms. The van der Waals surface area contributed by atoms with Crippen molar-refractivity contribution < 1.29 is 9.90 Å². The predicted octanol–water partition coefficient (Wildman–Crippen LogP) is -0.357. The van der Waals surface area contributed by atoms with Gasteiger partial charge in [-0.05, 0) is 18.2 Å². The molecule has 0 bridgehead atoms. The summed E-state index contributed by atoms with van der Waals surface area (Å²) in [6, 6.07) is 7.73. The summed E-state index contributed by atoms with van der Waals surface area (Å²) in [5.41, 5.74) is 4.16. The number of nitrogens with one attached hydrogen (secondary N) is 1. The first-order chi connectivity index (χ1) is 8.17. The van der Waals surface area contributed by atoms with Gasteiger partial charge in [-0.15, -0.1) is 0 Å². The molecule has 0 fully saturated rings. The molecule has 0 radical (unpaired) electrons. The summed E-state index contributed by atoms with van der Waals surface area (Å²) < 4.78 is 0. The van der Waals surface area contributed by atoms with Gasteiger partial charge in [0.05, 0.1) is 13.0 Å². The molecule has 0 heterocycles. The number of hydrogen-bond donors (Lipinski definition) is 3. The number of amides is 1. The van der Waals surface area contributed by atoms with Gasteiger partial charge < -0.3 is 5.11 Å². The second-order valence-corrected chi connectivity index (χ2v) is 3.97. The second kappa shape index (κ2) is 7.01. The number of aliphatic hydroxyl groups is 1. The normalized spacial score (nSPS) is 10.6. The van der Waals surface area contributed by atoms with E-state index >= 15 is 0 Å². The minimum atomic E-state index is -0.206. The van der Waals surface area contributed by atoms with Gasteiger partial charge in [0.2, 0.25) is 5.91 Å². The first-order valence-electron chi connectivity index (χ1n) is 5.53. The Morgan fingerprint density at radius 3 is 2.65 bits per heavy atom. The van der Waals surface area contributed by atoms with Crippen LogP contribution in [0.15, 0.2) is 24.3 Å². The van der Waals surface area contributed by atoms with Crippen molar-refractivity contribution in [2.75, 3.05) is 20.2 Å². The molecule has 0 aliphatic heterocycles. The van der Waals surface area contributed by atoms with Crippen molar-refractivity contribution in [2.24, 2.45) is 5.84 Å². The first kappa shape index (κ1) is 13.6. The van der Waals surface area contributed by atoms with Gasteiger partial charge in [0, 0.05) is 13.1 Å². The highest BCUT2D eigenvalue weighted by Crippen LogP contribution is 2.11. The van der Waals surface area contributed by atoms with Crippen LogP contribution in [0.2, 0.25) is 0 Å². The number of likely N-dealkylation sites (N-methyl/N-ethyl adjacent to an activating group) is 1. The highest BCUT2D eigenvalue weighted by molar-refractivity contribution is 5.78. The van der Waals surface area contributed by atoms with E-state index in [1.807, 2.05) is 36.2 Å². The van der Waals surface area contributed by atoms with E-state index in [4.69, 9.17) is 10.9 Å². The third kappa shape index (κ3) is 4.52. The van der Waals surface area contributed by atoms with Crippen LogP contribution >= 0.6 is 0 Å². The number of aliphatic hydroxyl groups excluding tert-OH is 1. The van der Waals surface area contributed by atoms with Crippen LogP contribution in [-0.2, 0) is 17.8 Å². The zero-order valence-corrected chi connectivity index (χ0v) is 10.0. The minimum Gasteiger partial charge on any atom is -0.395 e. The lowest BCUT2D eigenvalue weighted by Crippen LogP contribution is -2.32. The van der Waals surface area contributed by atoms with Crippen LogP contribution in [0.5, 0.6) is 0 Å². The molecular formula is C12H19N3O2. The van der Waals surface area contributed by atoms with Gasteiger partial charge in [0.25, 0.3) is 0 Å². The number of carbonyl (C=O) groups excluding carboxylic acids is 1. The number of hydrogen-bond acceptors (Lipinski definition) is 4. The molecule has 1 aromatic rings. The third-order valence-corrected chi connectivity index (χ3v) is 2.55. The van der Waals surface area contributed by atoms with Crippen molar-refractivity contribution in [2.45, 2.75) is 13.0 Å². The lowest BCUT2D eigenvalue weighted by atomic mass is 10.0. The molecule has 4 N–H and O–H groups in total. The topological polar surface area (TPSA) is 78.6 Å². The third-order valence-electron chi connectivity index (χ3n) is 2.55. The molecule has 0 spiro atoms. The van der Waals surface area contributed by atoms with E-state index in [1.54, 1.807) is 0 Å². The molecule has 94 valence electrons. The quantitative estimate of drug-likeness (QED) is 0.359. The SMILES string of the molecule is CN(CCO)Cc1ccccc1CC(=O)NN. The van der Waals surface area contributed by atoms with Crippen LogP contribution in [0.25, 0.3) is 0 Å². The summed E-state index contributed by atoms with van der Waals surface area (Å²) in [6.45, 7) is 1.44. The lowest BCUT2D eigenvalue weighted by Gasteiger charge is -2.17. The number of carbonyl (C=O) groups is 1. The Balaban J connectivity index is 2.73. The van der Waals surface area contributed by atoms with Crippen LogP contribution in [0.3, 0.4) is 0 Å². The van der Waals surface area contributed by atoms with E-state index in [2.05, 4.69) is 5.43 Å². The molecular weight excluding hydrogens is 218 g/mol.